The molecule has 1 fully saturated rings. The highest BCUT2D eigenvalue weighted by atomic mass is 35.5. The second-order valence-electron chi connectivity index (χ2n) is 9.55. The molecule has 0 radical (unpaired) electrons. The van der Waals surface area contributed by atoms with Gasteiger partial charge in [0.05, 0.1) is 19.8 Å². The molecule has 5 rings (SSSR count). The molecule has 196 valence electrons. The third-order valence-electron chi connectivity index (χ3n) is 7.49. The summed E-state index contributed by atoms with van der Waals surface area (Å²) in [5.74, 6) is 2.02. The second-order valence-corrected chi connectivity index (χ2v) is 9.55. The molecule has 3 heterocycles. The summed E-state index contributed by atoms with van der Waals surface area (Å²) >= 11 is 0. The maximum atomic E-state index is 12.8. The van der Waals surface area contributed by atoms with Gasteiger partial charge in [0.15, 0.2) is 11.5 Å². The zero-order valence-corrected chi connectivity index (χ0v) is 22.7. The number of hydrogen-bond donors (Lipinski definition) is 0. The number of likely N-dealkylation sites (tertiary alicyclic amines) is 1. The number of piperidine rings is 1. The minimum atomic E-state index is -0.235. The Morgan fingerprint density at radius 1 is 0.889 bits per heavy atom. The first-order chi connectivity index (χ1) is 16.6. The lowest BCUT2D eigenvalue weighted by molar-refractivity contribution is 0.149. The molecule has 2 aliphatic rings. The van der Waals surface area contributed by atoms with Crippen LogP contribution >= 0.6 is 24.8 Å². The van der Waals surface area contributed by atoms with Crippen molar-refractivity contribution in [2.24, 2.45) is 5.92 Å². The summed E-state index contributed by atoms with van der Waals surface area (Å²) in [5, 5.41) is 0.951. The number of ether oxygens (including phenoxy) is 2. The lowest BCUT2D eigenvalue weighted by Crippen LogP contribution is -2.42. The smallest absolute Gasteiger partial charge is 0.341 e. The monoisotopic (exact) mass is 534 g/mol. The van der Waals surface area contributed by atoms with E-state index in [1.54, 1.807) is 20.3 Å². The summed E-state index contributed by atoms with van der Waals surface area (Å²) in [6, 6.07) is 14.5. The van der Waals surface area contributed by atoms with Crippen molar-refractivity contribution in [3.63, 3.8) is 0 Å². The first-order valence-corrected chi connectivity index (χ1v) is 12.3. The van der Waals surface area contributed by atoms with Gasteiger partial charge in [0.1, 0.15) is 5.58 Å². The molecule has 0 saturated carbocycles. The van der Waals surface area contributed by atoms with E-state index in [2.05, 4.69) is 40.1 Å². The van der Waals surface area contributed by atoms with E-state index < -0.39 is 0 Å². The van der Waals surface area contributed by atoms with Gasteiger partial charge in [-0.05, 0) is 61.9 Å². The molecule has 0 atom stereocenters. The van der Waals surface area contributed by atoms with Crippen molar-refractivity contribution in [3.8, 4) is 11.5 Å². The van der Waals surface area contributed by atoms with Gasteiger partial charge < -0.3 is 18.8 Å². The van der Waals surface area contributed by atoms with Crippen molar-refractivity contribution in [2.45, 2.75) is 32.2 Å². The van der Waals surface area contributed by atoms with Gasteiger partial charge in [-0.15, -0.1) is 24.8 Å². The fourth-order valence-corrected chi connectivity index (χ4v) is 5.48. The quantitative estimate of drug-likeness (QED) is 0.399. The molecular weight excluding hydrogens is 499 g/mol. The van der Waals surface area contributed by atoms with E-state index in [1.807, 2.05) is 6.07 Å². The molecule has 36 heavy (non-hydrogen) atoms. The molecule has 2 aliphatic heterocycles. The van der Waals surface area contributed by atoms with E-state index in [4.69, 9.17) is 13.9 Å². The van der Waals surface area contributed by atoms with Gasteiger partial charge in [0.2, 0.25) is 0 Å². The minimum absolute atomic E-state index is 0. The number of nitrogens with zero attached hydrogens (tertiary/aromatic N) is 2. The Morgan fingerprint density at radius 3 is 2.25 bits per heavy atom. The third-order valence-corrected chi connectivity index (χ3v) is 7.49. The second kappa shape index (κ2) is 12.8. The van der Waals surface area contributed by atoms with Crippen molar-refractivity contribution in [2.75, 3.05) is 46.9 Å². The predicted octanol–water partition coefficient (Wildman–Crippen LogP) is 4.97. The van der Waals surface area contributed by atoms with Crippen LogP contribution in [0.3, 0.4) is 0 Å². The summed E-state index contributed by atoms with van der Waals surface area (Å²) in [7, 11) is 3.21. The van der Waals surface area contributed by atoms with Crippen LogP contribution in [0.5, 0.6) is 11.5 Å². The van der Waals surface area contributed by atoms with E-state index in [9.17, 15) is 4.79 Å². The van der Waals surface area contributed by atoms with Crippen molar-refractivity contribution < 1.29 is 13.9 Å². The lowest BCUT2D eigenvalue weighted by Gasteiger charge is -2.35. The molecular formula is C28H36Cl2N2O4. The Morgan fingerprint density at radius 2 is 1.56 bits per heavy atom. The van der Waals surface area contributed by atoms with E-state index in [-0.39, 0.29) is 30.4 Å². The number of halogens is 2. The van der Waals surface area contributed by atoms with Crippen LogP contribution in [0.2, 0.25) is 0 Å². The van der Waals surface area contributed by atoms with Gasteiger partial charge in [0, 0.05) is 37.6 Å². The molecule has 3 aromatic rings. The molecule has 8 heteroatoms. The zero-order valence-electron chi connectivity index (χ0n) is 21.0. The fourth-order valence-electron chi connectivity index (χ4n) is 5.48. The van der Waals surface area contributed by atoms with Crippen LogP contribution < -0.4 is 15.1 Å². The molecule has 0 bridgehead atoms. The summed E-state index contributed by atoms with van der Waals surface area (Å²) in [6.07, 6.45) is 4.56. The molecule has 2 aromatic carbocycles. The maximum Gasteiger partial charge on any atom is 0.341 e. The largest absolute Gasteiger partial charge is 0.493 e. The Balaban J connectivity index is 0.00000180. The highest BCUT2D eigenvalue weighted by Gasteiger charge is 2.25. The van der Waals surface area contributed by atoms with Crippen molar-refractivity contribution in [1.29, 1.82) is 0 Å². The third kappa shape index (κ3) is 6.17. The average molecular weight is 536 g/mol. The number of methoxy groups -OCH3 is 2. The maximum absolute atomic E-state index is 12.8. The number of hydrogen-bond acceptors (Lipinski definition) is 6. The van der Waals surface area contributed by atoms with Gasteiger partial charge >= 0.3 is 5.63 Å². The number of fused-ring (bicyclic) bond motifs is 3. The van der Waals surface area contributed by atoms with E-state index in [1.165, 1.54) is 24.8 Å². The molecule has 1 saturated heterocycles. The summed E-state index contributed by atoms with van der Waals surface area (Å²) in [5.41, 5.74) is 3.66. The van der Waals surface area contributed by atoms with Gasteiger partial charge in [-0.2, -0.15) is 0 Å². The highest BCUT2D eigenvalue weighted by molar-refractivity contribution is 5.86. The summed E-state index contributed by atoms with van der Waals surface area (Å²) < 4.78 is 16.5. The van der Waals surface area contributed by atoms with Crippen LogP contribution in [0.4, 0.5) is 0 Å². The van der Waals surface area contributed by atoms with Gasteiger partial charge in [-0.25, -0.2) is 4.79 Å². The van der Waals surface area contributed by atoms with Crippen molar-refractivity contribution >= 4 is 35.8 Å². The Hall–Kier alpha value is -2.25. The van der Waals surface area contributed by atoms with Crippen molar-refractivity contribution in [3.05, 3.63) is 69.6 Å². The number of rotatable bonds is 7. The van der Waals surface area contributed by atoms with E-state index in [0.29, 0.717) is 23.6 Å². The van der Waals surface area contributed by atoms with Gasteiger partial charge in [0.25, 0.3) is 0 Å². The highest BCUT2D eigenvalue weighted by Crippen LogP contribution is 2.35. The summed E-state index contributed by atoms with van der Waals surface area (Å²) in [4.78, 5) is 17.8. The van der Waals surface area contributed by atoms with Crippen molar-refractivity contribution in [1.82, 2.24) is 9.80 Å². The van der Waals surface area contributed by atoms with Crippen LogP contribution in [0.25, 0.3) is 11.0 Å². The van der Waals surface area contributed by atoms with E-state index in [0.717, 1.165) is 61.6 Å². The summed E-state index contributed by atoms with van der Waals surface area (Å²) in [6.45, 7) is 5.95. The molecule has 0 aliphatic carbocycles. The first-order valence-electron chi connectivity index (χ1n) is 12.3. The molecule has 0 spiro atoms. The molecule has 1 aromatic heterocycles. The standard InChI is InChI=1S/C28H34N2O4.2ClH/c1-32-26-17-23-22-10-13-30(19-24(22)28(31)34-25(23)18-27(26)33-2)15-14-29-11-8-21(9-12-29)16-20-6-4-3-5-7-20;;/h3-7,17-18,21H,8-16,19H2,1-2H3;2*1H. The first kappa shape index (κ1) is 28.3. The SMILES string of the molecule is COc1cc2oc(=O)c3c(c2cc1OC)CCN(CCN1CCC(Cc2ccccc2)CC1)C3.Cl.Cl. The van der Waals surface area contributed by atoms with E-state index >= 15 is 0 Å². The predicted molar refractivity (Wildman–Crippen MR) is 148 cm³/mol. The lowest BCUT2D eigenvalue weighted by atomic mass is 9.90. The normalized spacial score (nSPS) is 16.6. The van der Waals surface area contributed by atoms with Crippen LogP contribution in [0.1, 0.15) is 29.5 Å². The van der Waals surface area contributed by atoms with Crippen LogP contribution in [-0.4, -0.2) is 56.7 Å². The fraction of sp³-hybridized carbons (Fsp3) is 0.464. The Bertz CT molecular complexity index is 1190. The van der Waals surface area contributed by atoms with Crippen LogP contribution in [-0.2, 0) is 19.4 Å². The minimum Gasteiger partial charge on any atom is -0.493 e. The van der Waals surface area contributed by atoms with Crippen LogP contribution in [0, 0.1) is 5.92 Å². The molecule has 0 amide bonds. The zero-order chi connectivity index (χ0) is 23.5. The average Bonchev–Trinajstić information content (AvgIpc) is 2.88. The van der Waals surface area contributed by atoms with Gasteiger partial charge in [-0.1, -0.05) is 30.3 Å². The Labute approximate surface area is 225 Å². The molecule has 0 unspecified atom stereocenters. The Kier molecular flexibility index (Phi) is 10.1. The number of benzene rings is 2. The molecule has 0 N–H and O–H groups in total. The van der Waals surface area contributed by atoms with Crippen LogP contribution in [0.15, 0.2) is 51.7 Å². The topological polar surface area (TPSA) is 55.2 Å². The molecule has 6 nitrogen and oxygen atoms in total. The van der Waals surface area contributed by atoms with Gasteiger partial charge in [-0.3, -0.25) is 4.90 Å².